The van der Waals surface area contributed by atoms with Gasteiger partial charge in [-0.2, -0.15) is 5.26 Å². The van der Waals surface area contributed by atoms with Gasteiger partial charge in [0.25, 0.3) is 0 Å². The number of benzene rings is 2. The lowest BCUT2D eigenvalue weighted by Crippen LogP contribution is -2.25. The largest absolute Gasteiger partial charge is 0.490 e. The van der Waals surface area contributed by atoms with Gasteiger partial charge in [-0.15, -0.1) is 22.6 Å². The molecule has 0 amide bonds. The Bertz CT molecular complexity index is 1120. The van der Waals surface area contributed by atoms with Crippen LogP contribution >= 0.6 is 24.0 Å². The Morgan fingerprint density at radius 3 is 2.71 bits per heavy atom. The van der Waals surface area contributed by atoms with E-state index in [1.54, 1.807) is 12.1 Å². The van der Waals surface area contributed by atoms with Gasteiger partial charge in [0.05, 0.1) is 30.0 Å². The second-order valence-corrected chi connectivity index (χ2v) is 8.35. The summed E-state index contributed by atoms with van der Waals surface area (Å²) in [5.74, 6) is 3.09. The van der Waals surface area contributed by atoms with E-state index in [1.807, 2.05) is 24.3 Å². The Hall–Kier alpha value is -2.59. The van der Waals surface area contributed by atoms with Crippen LogP contribution in [-0.2, 0) is 13.1 Å². The van der Waals surface area contributed by atoms with Gasteiger partial charge in [-0.25, -0.2) is 0 Å². The monoisotopic (exact) mass is 455 g/mol. The third-order valence-corrected chi connectivity index (χ3v) is 6.18. The zero-order valence-electron chi connectivity index (χ0n) is 16.9. The summed E-state index contributed by atoms with van der Waals surface area (Å²) in [7, 11) is 0. The van der Waals surface area contributed by atoms with Crippen LogP contribution in [0.15, 0.2) is 42.5 Å². The van der Waals surface area contributed by atoms with Gasteiger partial charge >= 0.3 is 0 Å². The van der Waals surface area contributed by atoms with Crippen LogP contribution in [0.3, 0.4) is 0 Å². The first-order valence-electron chi connectivity index (χ1n) is 10.3. The molecule has 2 aromatic carbocycles. The molecule has 0 unspecified atom stereocenters. The summed E-state index contributed by atoms with van der Waals surface area (Å²) in [5, 5.41) is 22.3. The smallest absolute Gasteiger partial charge is 0.151 e. The van der Waals surface area contributed by atoms with Crippen molar-refractivity contribution in [3.63, 3.8) is 0 Å². The van der Waals surface area contributed by atoms with E-state index in [0.717, 1.165) is 65.9 Å². The Labute approximate surface area is 192 Å². The molecule has 0 spiro atoms. The molecular formula is C23H23Cl2N5O. The predicted molar refractivity (Wildman–Crippen MR) is 121 cm³/mol. The fraction of sp³-hybridized carbons (Fsp3) is 0.348. The lowest BCUT2D eigenvalue weighted by Gasteiger charge is -2.29. The Morgan fingerprint density at radius 1 is 1.06 bits per heavy atom. The van der Waals surface area contributed by atoms with Crippen LogP contribution in [0.5, 0.6) is 5.75 Å². The molecule has 6 nitrogen and oxygen atoms in total. The van der Waals surface area contributed by atoms with Crippen molar-refractivity contribution in [3.8, 4) is 17.5 Å². The molecule has 8 heteroatoms. The van der Waals surface area contributed by atoms with Crippen LogP contribution in [0, 0.1) is 11.3 Å². The minimum atomic E-state index is 0. The SMILES string of the molecule is Cl.N#Cc1cccc(O[C@H]2CC[C@H](c3nnc4n3-c3ccc(Cl)cc3CNC4)CC2)c1. The molecule has 1 aliphatic heterocycles. The molecule has 0 atom stereocenters. The van der Waals surface area contributed by atoms with Gasteiger partial charge in [-0.1, -0.05) is 17.7 Å². The molecule has 0 bridgehead atoms. The first-order valence-corrected chi connectivity index (χ1v) is 10.7. The van der Waals surface area contributed by atoms with Gasteiger partial charge in [-0.3, -0.25) is 4.57 Å². The van der Waals surface area contributed by atoms with Crippen LogP contribution < -0.4 is 10.1 Å². The van der Waals surface area contributed by atoms with Gasteiger partial charge < -0.3 is 10.1 Å². The molecule has 31 heavy (non-hydrogen) atoms. The molecule has 5 rings (SSSR count). The lowest BCUT2D eigenvalue weighted by molar-refractivity contribution is 0.144. The maximum absolute atomic E-state index is 9.08. The Kier molecular flexibility index (Phi) is 6.47. The van der Waals surface area contributed by atoms with Crippen molar-refractivity contribution in [2.45, 2.75) is 50.8 Å². The summed E-state index contributed by atoms with van der Waals surface area (Å²) in [4.78, 5) is 0. The topological polar surface area (TPSA) is 75.8 Å². The van der Waals surface area contributed by atoms with E-state index in [0.29, 0.717) is 18.0 Å². The molecule has 1 N–H and O–H groups in total. The van der Waals surface area contributed by atoms with Crippen molar-refractivity contribution in [2.75, 3.05) is 0 Å². The third kappa shape index (κ3) is 4.40. The number of nitrogens with zero attached hydrogens (tertiary/aromatic N) is 4. The molecule has 1 fully saturated rings. The molecule has 2 heterocycles. The molecule has 0 saturated heterocycles. The number of nitriles is 1. The minimum Gasteiger partial charge on any atom is -0.490 e. The quantitative estimate of drug-likeness (QED) is 0.606. The van der Waals surface area contributed by atoms with E-state index >= 15 is 0 Å². The summed E-state index contributed by atoms with van der Waals surface area (Å²) < 4.78 is 8.36. The van der Waals surface area contributed by atoms with Crippen LogP contribution in [0.1, 0.15) is 54.4 Å². The average molecular weight is 456 g/mol. The fourth-order valence-electron chi connectivity index (χ4n) is 4.46. The normalized spacial score (nSPS) is 19.9. The number of ether oxygens (including phenoxy) is 1. The van der Waals surface area contributed by atoms with E-state index in [-0.39, 0.29) is 18.5 Å². The van der Waals surface area contributed by atoms with Gasteiger partial charge in [0.1, 0.15) is 11.6 Å². The van der Waals surface area contributed by atoms with Crippen LogP contribution in [0.25, 0.3) is 5.69 Å². The average Bonchev–Trinajstić information content (AvgIpc) is 3.10. The van der Waals surface area contributed by atoms with Crippen molar-refractivity contribution < 1.29 is 4.74 Å². The molecule has 1 aliphatic carbocycles. The summed E-state index contributed by atoms with van der Waals surface area (Å²) >= 11 is 6.22. The van der Waals surface area contributed by atoms with Crippen LogP contribution in [0.4, 0.5) is 0 Å². The van der Waals surface area contributed by atoms with Gasteiger partial charge in [-0.05, 0) is 67.6 Å². The second kappa shape index (κ2) is 9.27. The number of halogens is 2. The minimum absolute atomic E-state index is 0. The van der Waals surface area contributed by atoms with E-state index in [4.69, 9.17) is 21.6 Å². The number of aromatic nitrogens is 3. The summed E-state index contributed by atoms with van der Waals surface area (Å²) in [5.41, 5.74) is 2.91. The van der Waals surface area contributed by atoms with E-state index in [1.165, 1.54) is 0 Å². The molecule has 2 aliphatic rings. The highest BCUT2D eigenvalue weighted by atomic mass is 35.5. The van der Waals surface area contributed by atoms with Gasteiger partial charge in [0.2, 0.25) is 0 Å². The highest BCUT2D eigenvalue weighted by molar-refractivity contribution is 6.30. The summed E-state index contributed by atoms with van der Waals surface area (Å²) in [6, 6.07) is 15.6. The summed E-state index contributed by atoms with van der Waals surface area (Å²) in [6.07, 6.45) is 4.06. The van der Waals surface area contributed by atoms with E-state index in [2.05, 4.69) is 32.2 Å². The molecule has 3 aromatic rings. The maximum Gasteiger partial charge on any atom is 0.151 e. The van der Waals surface area contributed by atoms with Crippen molar-refractivity contribution >= 4 is 24.0 Å². The van der Waals surface area contributed by atoms with Crippen molar-refractivity contribution in [1.29, 1.82) is 5.26 Å². The molecule has 160 valence electrons. The Morgan fingerprint density at radius 2 is 1.90 bits per heavy atom. The maximum atomic E-state index is 9.08. The van der Waals surface area contributed by atoms with Gasteiger partial charge in [0, 0.05) is 17.5 Å². The highest BCUT2D eigenvalue weighted by Crippen LogP contribution is 2.36. The molecular weight excluding hydrogens is 433 g/mol. The predicted octanol–water partition coefficient (Wildman–Crippen LogP) is 4.92. The number of fused-ring (bicyclic) bond motifs is 3. The zero-order chi connectivity index (χ0) is 20.5. The van der Waals surface area contributed by atoms with E-state index < -0.39 is 0 Å². The molecule has 1 aromatic heterocycles. The van der Waals surface area contributed by atoms with E-state index in [9.17, 15) is 0 Å². The summed E-state index contributed by atoms with van der Waals surface area (Å²) in [6.45, 7) is 1.45. The number of nitrogens with one attached hydrogen (secondary N) is 1. The second-order valence-electron chi connectivity index (χ2n) is 7.92. The third-order valence-electron chi connectivity index (χ3n) is 5.94. The molecule has 0 radical (unpaired) electrons. The fourth-order valence-corrected chi connectivity index (χ4v) is 4.66. The van der Waals surface area contributed by atoms with Crippen molar-refractivity contribution in [2.24, 2.45) is 0 Å². The zero-order valence-corrected chi connectivity index (χ0v) is 18.5. The lowest BCUT2D eigenvalue weighted by atomic mass is 9.86. The van der Waals surface area contributed by atoms with Crippen molar-refractivity contribution in [1.82, 2.24) is 20.1 Å². The number of hydrogen-bond donors (Lipinski definition) is 1. The van der Waals surface area contributed by atoms with Gasteiger partial charge in [0.15, 0.2) is 5.82 Å². The highest BCUT2D eigenvalue weighted by Gasteiger charge is 2.30. The first kappa shape index (κ1) is 21.6. The number of hydrogen-bond acceptors (Lipinski definition) is 5. The van der Waals surface area contributed by atoms with Crippen LogP contribution in [-0.4, -0.2) is 20.9 Å². The Balaban J connectivity index is 0.00000231. The van der Waals surface area contributed by atoms with Crippen LogP contribution in [0.2, 0.25) is 5.02 Å². The number of rotatable bonds is 3. The van der Waals surface area contributed by atoms with Crippen molar-refractivity contribution in [3.05, 3.63) is 70.3 Å². The first-order chi connectivity index (χ1) is 14.7. The molecule has 1 saturated carbocycles. The standard InChI is InChI=1S/C23H22ClN5O.ClH/c24-18-6-9-21-17(11-18)13-26-14-22-27-28-23(29(21)22)16-4-7-19(8-5-16)30-20-3-1-2-15(10-20)12-25;/h1-3,6,9-11,16,19,26H,4-5,7-8,13-14H2;1H/t16-,19-;.